The first-order valence-electron chi connectivity index (χ1n) is 7.69. The molecule has 1 amide bonds. The molecule has 0 radical (unpaired) electrons. The lowest BCUT2D eigenvalue weighted by molar-refractivity contribution is -0.140. The molecule has 0 bridgehead atoms. The maximum Gasteiger partial charge on any atom is 0.303 e. The highest BCUT2D eigenvalue weighted by Gasteiger charge is 2.36. The number of carbonyl (C=O) groups excluding carboxylic acids is 1. The van der Waals surface area contributed by atoms with E-state index in [0.717, 1.165) is 32.1 Å². The number of nitrogens with one attached hydrogen (secondary N) is 1. The van der Waals surface area contributed by atoms with Crippen molar-refractivity contribution in [1.82, 2.24) is 0 Å². The van der Waals surface area contributed by atoms with E-state index in [1.54, 1.807) is 19.1 Å². The van der Waals surface area contributed by atoms with Crippen molar-refractivity contribution in [3.63, 3.8) is 0 Å². The van der Waals surface area contributed by atoms with Crippen molar-refractivity contribution in [2.75, 3.05) is 5.32 Å². The van der Waals surface area contributed by atoms with E-state index in [-0.39, 0.29) is 24.6 Å². The van der Waals surface area contributed by atoms with E-state index in [4.69, 9.17) is 5.11 Å². The quantitative estimate of drug-likeness (QED) is 0.867. The minimum Gasteiger partial charge on any atom is -0.481 e. The Morgan fingerprint density at radius 1 is 1.23 bits per heavy atom. The number of anilines is 1. The Hall–Kier alpha value is -1.91. The van der Waals surface area contributed by atoms with E-state index in [1.807, 2.05) is 0 Å². The monoisotopic (exact) mass is 307 g/mol. The largest absolute Gasteiger partial charge is 0.481 e. The van der Waals surface area contributed by atoms with Crippen molar-refractivity contribution < 1.29 is 19.1 Å². The summed E-state index contributed by atoms with van der Waals surface area (Å²) in [5.74, 6) is -1.47. The van der Waals surface area contributed by atoms with E-state index in [9.17, 15) is 14.0 Å². The van der Waals surface area contributed by atoms with Crippen LogP contribution in [0.4, 0.5) is 10.1 Å². The summed E-state index contributed by atoms with van der Waals surface area (Å²) in [6.07, 6.45) is 4.71. The molecule has 1 aromatic rings. The summed E-state index contributed by atoms with van der Waals surface area (Å²) in [7, 11) is 0. The van der Waals surface area contributed by atoms with E-state index >= 15 is 0 Å². The van der Waals surface area contributed by atoms with E-state index in [2.05, 4.69) is 5.32 Å². The van der Waals surface area contributed by atoms with Gasteiger partial charge in [-0.25, -0.2) is 4.39 Å². The van der Waals surface area contributed by atoms with Gasteiger partial charge in [-0.3, -0.25) is 9.59 Å². The van der Waals surface area contributed by atoms with Gasteiger partial charge in [0.15, 0.2) is 0 Å². The number of halogens is 1. The predicted octanol–water partition coefficient (Wildman–Crippen LogP) is 3.89. The Balaban J connectivity index is 2.08. The van der Waals surface area contributed by atoms with E-state index in [0.29, 0.717) is 11.3 Å². The minimum absolute atomic E-state index is 0.0164. The van der Waals surface area contributed by atoms with Crippen LogP contribution in [-0.4, -0.2) is 17.0 Å². The number of carbonyl (C=O) groups is 2. The molecular formula is C17H22FNO3. The van der Waals surface area contributed by atoms with Crippen molar-refractivity contribution in [2.45, 2.75) is 51.9 Å². The first kappa shape index (κ1) is 16.5. The SMILES string of the molecule is Cc1c(F)cccc1NC(=O)CC1(CC(=O)O)CCCCC1. The van der Waals surface area contributed by atoms with Gasteiger partial charge in [0.05, 0.1) is 6.42 Å². The molecule has 1 aromatic carbocycles. The van der Waals surface area contributed by atoms with Crippen LogP contribution < -0.4 is 5.32 Å². The van der Waals surface area contributed by atoms with Crippen LogP contribution in [0, 0.1) is 18.2 Å². The first-order valence-corrected chi connectivity index (χ1v) is 7.69. The summed E-state index contributed by atoms with van der Waals surface area (Å²) < 4.78 is 13.5. The maximum atomic E-state index is 13.5. The summed E-state index contributed by atoms with van der Waals surface area (Å²) in [6, 6.07) is 4.55. The molecule has 22 heavy (non-hydrogen) atoms. The standard InChI is InChI=1S/C17H22FNO3/c1-12-13(18)6-5-7-14(12)19-15(20)10-17(11-16(21)22)8-3-2-4-9-17/h5-7H,2-4,8-11H2,1H3,(H,19,20)(H,21,22). The number of aliphatic carboxylic acids is 1. The molecule has 1 saturated carbocycles. The molecule has 0 unspecified atom stereocenters. The Kier molecular flexibility index (Phi) is 5.16. The first-order chi connectivity index (χ1) is 10.4. The summed E-state index contributed by atoms with van der Waals surface area (Å²) >= 11 is 0. The van der Waals surface area contributed by atoms with Gasteiger partial charge in [0.25, 0.3) is 0 Å². The number of carboxylic acid groups (broad SMARTS) is 1. The van der Waals surface area contributed by atoms with Crippen molar-refractivity contribution in [3.05, 3.63) is 29.6 Å². The van der Waals surface area contributed by atoms with Crippen LogP contribution in [0.5, 0.6) is 0 Å². The lowest BCUT2D eigenvalue weighted by Crippen LogP contribution is -2.32. The van der Waals surface area contributed by atoms with Crippen molar-refractivity contribution in [2.24, 2.45) is 5.41 Å². The molecular weight excluding hydrogens is 285 g/mol. The molecule has 0 aliphatic heterocycles. The predicted molar refractivity (Wildman–Crippen MR) is 82.2 cm³/mol. The van der Waals surface area contributed by atoms with Crippen LogP contribution in [0.1, 0.15) is 50.5 Å². The number of hydrogen-bond acceptors (Lipinski definition) is 2. The van der Waals surface area contributed by atoms with Crippen LogP contribution >= 0.6 is 0 Å². The zero-order valence-corrected chi connectivity index (χ0v) is 12.8. The van der Waals surface area contributed by atoms with Gasteiger partial charge in [-0.05, 0) is 37.3 Å². The molecule has 0 heterocycles. The number of benzene rings is 1. The molecule has 0 saturated heterocycles. The normalized spacial score (nSPS) is 17.0. The average molecular weight is 307 g/mol. The molecule has 0 spiro atoms. The molecule has 1 aliphatic carbocycles. The van der Waals surface area contributed by atoms with Crippen LogP contribution in [-0.2, 0) is 9.59 Å². The highest BCUT2D eigenvalue weighted by molar-refractivity contribution is 5.92. The Morgan fingerprint density at radius 2 is 1.91 bits per heavy atom. The highest BCUT2D eigenvalue weighted by atomic mass is 19.1. The molecule has 0 aromatic heterocycles. The van der Waals surface area contributed by atoms with E-state index in [1.165, 1.54) is 6.07 Å². The van der Waals surface area contributed by atoms with Gasteiger partial charge in [0, 0.05) is 17.7 Å². The summed E-state index contributed by atoms with van der Waals surface area (Å²) in [5, 5.41) is 11.9. The molecule has 1 fully saturated rings. The second-order valence-corrected chi connectivity index (χ2v) is 6.27. The molecule has 0 atom stereocenters. The molecule has 1 aliphatic rings. The van der Waals surface area contributed by atoms with Gasteiger partial charge in [-0.1, -0.05) is 25.3 Å². The summed E-state index contributed by atoms with van der Waals surface area (Å²) in [5.41, 5.74) is 0.383. The van der Waals surface area contributed by atoms with Crippen molar-refractivity contribution in [3.8, 4) is 0 Å². The van der Waals surface area contributed by atoms with Gasteiger partial charge in [0.1, 0.15) is 5.82 Å². The summed E-state index contributed by atoms with van der Waals surface area (Å²) in [4.78, 5) is 23.4. The Labute approximate surface area is 129 Å². The van der Waals surface area contributed by atoms with Gasteiger partial charge in [-0.15, -0.1) is 0 Å². The van der Waals surface area contributed by atoms with Crippen molar-refractivity contribution >= 4 is 17.6 Å². The number of rotatable bonds is 5. The van der Waals surface area contributed by atoms with Crippen molar-refractivity contribution in [1.29, 1.82) is 0 Å². The number of amides is 1. The Morgan fingerprint density at radius 3 is 2.55 bits per heavy atom. The zero-order valence-electron chi connectivity index (χ0n) is 12.8. The maximum absolute atomic E-state index is 13.5. The molecule has 4 nitrogen and oxygen atoms in total. The second kappa shape index (κ2) is 6.90. The fourth-order valence-electron chi connectivity index (χ4n) is 3.32. The van der Waals surface area contributed by atoms with Gasteiger partial charge in [-0.2, -0.15) is 0 Å². The average Bonchev–Trinajstić information content (AvgIpc) is 2.43. The highest BCUT2D eigenvalue weighted by Crippen LogP contribution is 2.42. The lowest BCUT2D eigenvalue weighted by Gasteiger charge is -2.35. The number of carboxylic acids is 1. The van der Waals surface area contributed by atoms with Crippen LogP contribution in [0.15, 0.2) is 18.2 Å². The van der Waals surface area contributed by atoms with Crippen LogP contribution in [0.3, 0.4) is 0 Å². The van der Waals surface area contributed by atoms with E-state index < -0.39 is 11.4 Å². The molecule has 5 heteroatoms. The molecule has 2 N–H and O–H groups in total. The third-order valence-electron chi connectivity index (χ3n) is 4.52. The lowest BCUT2D eigenvalue weighted by atomic mass is 9.69. The third-order valence-corrected chi connectivity index (χ3v) is 4.52. The van der Waals surface area contributed by atoms with Gasteiger partial charge >= 0.3 is 5.97 Å². The molecule has 2 rings (SSSR count). The summed E-state index contributed by atoms with van der Waals surface area (Å²) in [6.45, 7) is 1.61. The van der Waals surface area contributed by atoms with Gasteiger partial charge in [0.2, 0.25) is 5.91 Å². The number of hydrogen-bond donors (Lipinski definition) is 2. The van der Waals surface area contributed by atoms with Crippen LogP contribution in [0.2, 0.25) is 0 Å². The second-order valence-electron chi connectivity index (χ2n) is 6.27. The molecule has 120 valence electrons. The van der Waals surface area contributed by atoms with Gasteiger partial charge < -0.3 is 10.4 Å². The topological polar surface area (TPSA) is 66.4 Å². The third kappa shape index (κ3) is 4.06. The zero-order chi connectivity index (χ0) is 16.2. The fourth-order valence-corrected chi connectivity index (χ4v) is 3.32. The minimum atomic E-state index is -0.864. The fraction of sp³-hybridized carbons (Fsp3) is 0.529. The van der Waals surface area contributed by atoms with Crippen LogP contribution in [0.25, 0.3) is 0 Å². The Bertz CT molecular complexity index is 565. The smallest absolute Gasteiger partial charge is 0.303 e.